The molecule has 2 saturated carbocycles. The van der Waals surface area contributed by atoms with Crippen LogP contribution < -0.4 is 0 Å². The summed E-state index contributed by atoms with van der Waals surface area (Å²) in [7, 11) is 0. The van der Waals surface area contributed by atoms with Gasteiger partial charge < -0.3 is 0 Å². The van der Waals surface area contributed by atoms with Crippen LogP contribution in [0.4, 0.5) is 0 Å². The average molecular weight is 369 g/mol. The monoisotopic (exact) mass is 368 g/mol. The van der Waals surface area contributed by atoms with Gasteiger partial charge in [0.2, 0.25) is 0 Å². The molecule has 2 aliphatic rings. The van der Waals surface area contributed by atoms with Gasteiger partial charge in [0.15, 0.2) is 0 Å². The molecule has 0 unspecified atom stereocenters. The fourth-order valence-corrected chi connectivity index (χ4v) is 6.02. The van der Waals surface area contributed by atoms with E-state index in [4.69, 9.17) is 0 Å². The van der Waals surface area contributed by atoms with Crippen LogP contribution in [0.3, 0.4) is 0 Å². The number of benzene rings is 1. The smallest absolute Gasteiger partial charge is 0.0162 e. The maximum absolute atomic E-state index is 2.54. The van der Waals surface area contributed by atoms with Gasteiger partial charge in [0, 0.05) is 0 Å². The molecule has 0 nitrogen and oxygen atoms in total. The van der Waals surface area contributed by atoms with Crippen LogP contribution in [0.25, 0.3) is 0 Å². The molecule has 27 heavy (non-hydrogen) atoms. The van der Waals surface area contributed by atoms with E-state index in [1.807, 2.05) is 0 Å². The van der Waals surface area contributed by atoms with Crippen molar-refractivity contribution in [3.8, 4) is 0 Å². The summed E-state index contributed by atoms with van der Waals surface area (Å²) in [5, 5.41) is 0. The molecule has 0 amide bonds. The van der Waals surface area contributed by atoms with Crippen LogP contribution in [0.15, 0.2) is 18.2 Å². The number of aryl methyl sites for hydroxylation is 2. The molecule has 2 aliphatic carbocycles. The van der Waals surface area contributed by atoms with Gasteiger partial charge in [-0.3, -0.25) is 0 Å². The van der Waals surface area contributed by atoms with Crippen LogP contribution in [0, 0.1) is 24.7 Å². The van der Waals surface area contributed by atoms with Gasteiger partial charge in [-0.25, -0.2) is 0 Å². The Morgan fingerprint density at radius 3 is 1.74 bits per heavy atom. The third-order valence-corrected chi connectivity index (χ3v) is 7.87. The van der Waals surface area contributed by atoms with Crippen molar-refractivity contribution >= 4 is 0 Å². The molecule has 0 spiro atoms. The molecule has 1 aromatic carbocycles. The minimum Gasteiger partial charge on any atom is -0.0654 e. The highest BCUT2D eigenvalue weighted by molar-refractivity contribution is 5.33. The molecule has 0 N–H and O–H groups in total. The molecule has 2 fully saturated rings. The number of hydrogen-bond acceptors (Lipinski definition) is 0. The zero-order valence-electron chi connectivity index (χ0n) is 18.4. The first kappa shape index (κ1) is 20.9. The van der Waals surface area contributed by atoms with Crippen molar-refractivity contribution in [2.75, 3.05) is 0 Å². The summed E-state index contributed by atoms with van der Waals surface area (Å²) < 4.78 is 0. The summed E-state index contributed by atoms with van der Waals surface area (Å²) in [6.07, 6.45) is 20.1. The van der Waals surface area contributed by atoms with E-state index in [9.17, 15) is 0 Å². The zero-order valence-corrected chi connectivity index (χ0v) is 18.4. The molecule has 0 heterocycles. The molecule has 0 bridgehead atoms. The van der Waals surface area contributed by atoms with E-state index in [0.29, 0.717) is 0 Å². The highest BCUT2D eigenvalue weighted by atomic mass is 14.3. The van der Waals surface area contributed by atoms with E-state index in [1.165, 1.54) is 89.9 Å². The molecule has 0 radical (unpaired) electrons. The Morgan fingerprint density at radius 1 is 0.704 bits per heavy atom. The molecule has 0 atom stereocenters. The Bertz CT molecular complexity index is 541. The highest BCUT2D eigenvalue weighted by Crippen LogP contribution is 2.38. The Kier molecular flexibility index (Phi) is 8.28. The molecular formula is C27H44. The van der Waals surface area contributed by atoms with Crippen LogP contribution in [0.1, 0.15) is 120 Å². The van der Waals surface area contributed by atoms with Crippen molar-refractivity contribution in [2.45, 2.75) is 117 Å². The summed E-state index contributed by atoms with van der Waals surface area (Å²) in [6, 6.07) is 7.50. The Balaban J connectivity index is 1.46. The van der Waals surface area contributed by atoms with Crippen molar-refractivity contribution in [3.63, 3.8) is 0 Å². The van der Waals surface area contributed by atoms with Crippen molar-refractivity contribution < 1.29 is 0 Å². The predicted molar refractivity (Wildman–Crippen MR) is 119 cm³/mol. The van der Waals surface area contributed by atoms with Gasteiger partial charge in [0.25, 0.3) is 0 Å². The third-order valence-electron chi connectivity index (χ3n) is 7.87. The van der Waals surface area contributed by atoms with Crippen molar-refractivity contribution in [3.05, 3.63) is 34.9 Å². The Hall–Kier alpha value is -0.780. The fourth-order valence-electron chi connectivity index (χ4n) is 6.02. The normalized spacial score (nSPS) is 29.0. The lowest BCUT2D eigenvalue weighted by Crippen LogP contribution is -2.15. The van der Waals surface area contributed by atoms with Crippen LogP contribution in [-0.4, -0.2) is 0 Å². The minimum atomic E-state index is 0.833. The first-order chi connectivity index (χ1) is 13.2. The van der Waals surface area contributed by atoms with E-state index in [2.05, 4.69) is 39.0 Å². The molecule has 0 aromatic heterocycles. The maximum Gasteiger partial charge on any atom is -0.0162 e. The zero-order chi connectivity index (χ0) is 19.1. The molecular weight excluding hydrogens is 324 g/mol. The summed E-state index contributed by atoms with van der Waals surface area (Å²) >= 11 is 0. The van der Waals surface area contributed by atoms with Crippen LogP contribution in [0.5, 0.6) is 0 Å². The summed E-state index contributed by atoms with van der Waals surface area (Å²) in [4.78, 5) is 0. The van der Waals surface area contributed by atoms with Crippen molar-refractivity contribution in [1.82, 2.24) is 0 Å². The first-order valence-electron chi connectivity index (χ1n) is 12.3. The van der Waals surface area contributed by atoms with Gasteiger partial charge >= 0.3 is 0 Å². The quantitative estimate of drug-likeness (QED) is 0.431. The summed E-state index contributed by atoms with van der Waals surface area (Å²) in [5.74, 6) is 3.88. The lowest BCUT2D eigenvalue weighted by molar-refractivity contribution is 0.252. The molecule has 3 rings (SSSR count). The van der Waals surface area contributed by atoms with Gasteiger partial charge in [-0.2, -0.15) is 0 Å². The second-order valence-electron chi connectivity index (χ2n) is 9.91. The highest BCUT2D eigenvalue weighted by Gasteiger charge is 2.23. The lowest BCUT2D eigenvalue weighted by atomic mass is 9.76. The van der Waals surface area contributed by atoms with Gasteiger partial charge in [0.1, 0.15) is 0 Å². The summed E-state index contributed by atoms with van der Waals surface area (Å²) in [5.41, 5.74) is 4.81. The van der Waals surface area contributed by atoms with Gasteiger partial charge in [-0.1, -0.05) is 83.4 Å². The van der Waals surface area contributed by atoms with Gasteiger partial charge in [-0.15, -0.1) is 0 Å². The van der Waals surface area contributed by atoms with Crippen LogP contribution >= 0.6 is 0 Å². The Morgan fingerprint density at radius 2 is 1.22 bits per heavy atom. The fraction of sp³-hybridized carbons (Fsp3) is 0.778. The summed E-state index contributed by atoms with van der Waals surface area (Å²) in [6.45, 7) is 7.04. The van der Waals surface area contributed by atoms with E-state index >= 15 is 0 Å². The standard InChI is InChI=1S/C27H44/c1-4-6-22-8-10-24(11-9-22)12-15-25-18-19-27(20-21(25)3)26-16-13-23(7-5-2)14-17-26/h18-20,22-24,26H,4-17H2,1-3H3/t22-,23-,24-,26-. The molecule has 0 heteroatoms. The third kappa shape index (κ3) is 6.10. The van der Waals surface area contributed by atoms with Gasteiger partial charge in [0.05, 0.1) is 0 Å². The van der Waals surface area contributed by atoms with E-state index < -0.39 is 0 Å². The molecule has 0 aliphatic heterocycles. The SMILES string of the molecule is CCC[C@H]1CC[C@H](CCc2ccc([C@H]3CC[C@H](CCC)CC3)cc2C)CC1. The maximum atomic E-state index is 2.54. The van der Waals surface area contributed by atoms with Crippen molar-refractivity contribution in [2.24, 2.45) is 17.8 Å². The first-order valence-corrected chi connectivity index (χ1v) is 12.3. The molecule has 1 aromatic rings. The van der Waals surface area contributed by atoms with E-state index in [0.717, 1.165) is 23.7 Å². The average Bonchev–Trinajstić information content (AvgIpc) is 2.69. The van der Waals surface area contributed by atoms with Gasteiger partial charge in [-0.05, 0) is 85.8 Å². The van der Waals surface area contributed by atoms with E-state index in [1.54, 1.807) is 16.7 Å². The van der Waals surface area contributed by atoms with Crippen LogP contribution in [0.2, 0.25) is 0 Å². The molecule has 0 saturated heterocycles. The molecule has 152 valence electrons. The van der Waals surface area contributed by atoms with Crippen molar-refractivity contribution in [1.29, 1.82) is 0 Å². The number of rotatable bonds is 8. The van der Waals surface area contributed by atoms with Crippen LogP contribution in [-0.2, 0) is 6.42 Å². The minimum absolute atomic E-state index is 0.833. The number of hydrogen-bond donors (Lipinski definition) is 0. The predicted octanol–water partition coefficient (Wildman–Crippen LogP) is 8.61. The second kappa shape index (κ2) is 10.7. The largest absolute Gasteiger partial charge is 0.0654 e. The second-order valence-corrected chi connectivity index (χ2v) is 9.91. The topological polar surface area (TPSA) is 0 Å². The van der Waals surface area contributed by atoms with E-state index in [-0.39, 0.29) is 0 Å². The lowest BCUT2D eigenvalue weighted by Gasteiger charge is -2.29. The Labute approximate surface area is 169 Å².